The van der Waals surface area contributed by atoms with Gasteiger partial charge in [-0.3, -0.25) is 14.4 Å². The van der Waals surface area contributed by atoms with E-state index in [1.54, 1.807) is 42.5 Å². The van der Waals surface area contributed by atoms with E-state index >= 15 is 0 Å². The molecule has 3 heterocycles. The van der Waals surface area contributed by atoms with Crippen LogP contribution in [0.5, 0.6) is 5.75 Å². The van der Waals surface area contributed by atoms with Crippen molar-refractivity contribution in [1.29, 1.82) is 0 Å². The van der Waals surface area contributed by atoms with Gasteiger partial charge in [0.1, 0.15) is 29.0 Å². The van der Waals surface area contributed by atoms with E-state index in [1.807, 2.05) is 0 Å². The summed E-state index contributed by atoms with van der Waals surface area (Å²) in [5, 5.41) is 2.88. The van der Waals surface area contributed by atoms with Gasteiger partial charge in [0.2, 0.25) is 11.8 Å². The van der Waals surface area contributed by atoms with Crippen LogP contribution in [0.2, 0.25) is 0 Å². The lowest BCUT2D eigenvalue weighted by Crippen LogP contribution is -2.48. The standard InChI is InChI=1S/C28H29N3O8S/c1-37-20-8-4-7-19(15-20)26(27(33)29-16-21-9-5-13-38-21)30(17-22-10-6-14-39-22)25(32)18-31-28(34)23-11-2-3-12-24(23)40(31,35)36/h2-4,6-8,10-12,14-15,21,26H,5,9,13,16-18H2,1H3,(H,29,33)/t21-,26+/m0/s1. The van der Waals surface area contributed by atoms with Crippen molar-refractivity contribution in [2.24, 2.45) is 0 Å². The summed E-state index contributed by atoms with van der Waals surface area (Å²) in [6.45, 7) is -0.0911. The van der Waals surface area contributed by atoms with E-state index in [-0.39, 0.29) is 29.7 Å². The number of nitrogens with zero attached hydrogens (tertiary/aromatic N) is 2. The first-order chi connectivity index (χ1) is 19.3. The third-order valence-corrected chi connectivity index (χ3v) is 8.70. The molecule has 3 aromatic rings. The SMILES string of the molecule is COc1cccc([C@H](C(=O)NC[C@@H]2CCCO2)N(Cc2ccco2)C(=O)CN2C(=O)c3ccccc3S2(=O)=O)c1. The van der Waals surface area contributed by atoms with Gasteiger partial charge < -0.3 is 24.1 Å². The average molecular weight is 568 g/mol. The van der Waals surface area contributed by atoms with Crippen molar-refractivity contribution in [3.8, 4) is 5.75 Å². The number of hydrogen-bond acceptors (Lipinski definition) is 8. The van der Waals surface area contributed by atoms with Crippen molar-refractivity contribution in [2.75, 3.05) is 26.8 Å². The molecule has 210 valence electrons. The average Bonchev–Trinajstić information content (AvgIpc) is 3.71. The molecule has 1 aromatic heterocycles. The number of sulfonamides is 1. The topological polar surface area (TPSA) is 135 Å². The van der Waals surface area contributed by atoms with E-state index in [2.05, 4.69) is 5.32 Å². The van der Waals surface area contributed by atoms with Crippen LogP contribution >= 0.6 is 0 Å². The Bertz CT molecular complexity index is 1500. The number of nitrogens with one attached hydrogen (secondary N) is 1. The van der Waals surface area contributed by atoms with Gasteiger partial charge in [0, 0.05) is 13.2 Å². The minimum absolute atomic E-state index is 0.00784. The number of ether oxygens (including phenoxy) is 2. The van der Waals surface area contributed by atoms with Crippen LogP contribution < -0.4 is 10.1 Å². The lowest BCUT2D eigenvalue weighted by atomic mass is 10.0. The molecule has 11 nitrogen and oxygen atoms in total. The molecule has 0 radical (unpaired) electrons. The van der Waals surface area contributed by atoms with Gasteiger partial charge in [0.05, 0.1) is 31.6 Å². The fraction of sp³-hybridized carbons (Fsp3) is 0.321. The van der Waals surface area contributed by atoms with Crippen LogP contribution in [0.25, 0.3) is 0 Å². The molecule has 2 aliphatic heterocycles. The first-order valence-electron chi connectivity index (χ1n) is 12.8. The minimum Gasteiger partial charge on any atom is -0.497 e. The maximum atomic E-state index is 13.9. The molecule has 12 heteroatoms. The fourth-order valence-electron chi connectivity index (χ4n) is 4.90. The zero-order valence-corrected chi connectivity index (χ0v) is 22.6. The maximum absolute atomic E-state index is 13.9. The van der Waals surface area contributed by atoms with E-state index in [0.29, 0.717) is 28.0 Å². The van der Waals surface area contributed by atoms with E-state index in [9.17, 15) is 22.8 Å². The molecule has 0 spiro atoms. The van der Waals surface area contributed by atoms with Crippen molar-refractivity contribution in [2.45, 2.75) is 36.4 Å². The van der Waals surface area contributed by atoms with Gasteiger partial charge >= 0.3 is 0 Å². The highest BCUT2D eigenvalue weighted by Crippen LogP contribution is 2.32. The van der Waals surface area contributed by atoms with Gasteiger partial charge in [-0.1, -0.05) is 24.3 Å². The summed E-state index contributed by atoms with van der Waals surface area (Å²) >= 11 is 0. The molecule has 5 rings (SSSR count). The number of rotatable bonds is 10. The van der Waals surface area contributed by atoms with Gasteiger partial charge in [-0.05, 0) is 54.8 Å². The highest BCUT2D eigenvalue weighted by atomic mass is 32.2. The first kappa shape index (κ1) is 27.4. The number of amides is 3. The molecule has 1 fully saturated rings. The second kappa shape index (κ2) is 11.5. The van der Waals surface area contributed by atoms with Gasteiger partial charge in [-0.15, -0.1) is 0 Å². The Hall–Kier alpha value is -4.16. The van der Waals surface area contributed by atoms with Crippen molar-refractivity contribution < 1.29 is 36.7 Å². The number of furan rings is 1. The van der Waals surface area contributed by atoms with Crippen LogP contribution in [0.15, 0.2) is 76.2 Å². The largest absolute Gasteiger partial charge is 0.497 e. The lowest BCUT2D eigenvalue weighted by molar-refractivity contribution is -0.142. The summed E-state index contributed by atoms with van der Waals surface area (Å²) in [5.74, 6) is -1.23. The predicted octanol–water partition coefficient (Wildman–Crippen LogP) is 2.50. The normalized spacial score (nSPS) is 18.3. The number of methoxy groups -OCH3 is 1. The van der Waals surface area contributed by atoms with E-state index in [4.69, 9.17) is 13.9 Å². The van der Waals surface area contributed by atoms with Crippen LogP contribution in [0, 0.1) is 0 Å². The number of fused-ring (bicyclic) bond motifs is 1. The molecule has 0 aliphatic carbocycles. The maximum Gasteiger partial charge on any atom is 0.269 e. The number of hydrogen-bond donors (Lipinski definition) is 1. The second-order valence-corrected chi connectivity index (χ2v) is 11.3. The summed E-state index contributed by atoms with van der Waals surface area (Å²) in [6, 6.07) is 14.6. The van der Waals surface area contributed by atoms with Gasteiger partial charge in [-0.25, -0.2) is 12.7 Å². The highest BCUT2D eigenvalue weighted by molar-refractivity contribution is 7.90. The van der Waals surface area contributed by atoms with Crippen molar-refractivity contribution >= 4 is 27.7 Å². The number of benzene rings is 2. The Labute approximate surface area is 231 Å². The molecule has 0 saturated carbocycles. The van der Waals surface area contributed by atoms with E-state index < -0.39 is 40.3 Å². The van der Waals surface area contributed by atoms with Crippen LogP contribution in [-0.2, 0) is 30.9 Å². The lowest BCUT2D eigenvalue weighted by Gasteiger charge is -2.32. The summed E-state index contributed by atoms with van der Waals surface area (Å²) in [7, 11) is -2.77. The van der Waals surface area contributed by atoms with E-state index in [1.165, 1.54) is 36.5 Å². The highest BCUT2D eigenvalue weighted by Gasteiger charge is 2.43. The zero-order chi connectivity index (χ0) is 28.3. The third-order valence-electron chi connectivity index (χ3n) is 6.92. The Morgan fingerprint density at radius 1 is 1.15 bits per heavy atom. The third kappa shape index (κ3) is 5.45. The summed E-state index contributed by atoms with van der Waals surface area (Å²) in [5.41, 5.74) is 0.425. The zero-order valence-electron chi connectivity index (χ0n) is 21.8. The molecular weight excluding hydrogens is 538 g/mol. The van der Waals surface area contributed by atoms with Crippen LogP contribution in [0.3, 0.4) is 0 Å². The van der Waals surface area contributed by atoms with Crippen LogP contribution in [-0.4, -0.2) is 68.3 Å². The second-order valence-electron chi connectivity index (χ2n) is 9.47. The van der Waals surface area contributed by atoms with Crippen LogP contribution in [0.1, 0.15) is 40.6 Å². The molecule has 0 unspecified atom stereocenters. The summed E-state index contributed by atoms with van der Waals surface area (Å²) < 4.78 is 43.4. The number of carbonyl (C=O) groups excluding carboxylic acids is 3. The summed E-state index contributed by atoms with van der Waals surface area (Å²) in [6.07, 6.45) is 2.98. The summed E-state index contributed by atoms with van der Waals surface area (Å²) in [4.78, 5) is 41.8. The molecule has 3 amide bonds. The quantitative estimate of drug-likeness (QED) is 0.395. The van der Waals surface area contributed by atoms with E-state index in [0.717, 1.165) is 12.8 Å². The molecule has 2 atom stereocenters. The predicted molar refractivity (Wildman–Crippen MR) is 142 cm³/mol. The Balaban J connectivity index is 1.50. The molecule has 2 aliphatic rings. The molecule has 1 N–H and O–H groups in total. The Kier molecular flexibility index (Phi) is 7.90. The first-order valence-corrected chi connectivity index (χ1v) is 14.2. The van der Waals surface area contributed by atoms with Gasteiger partial charge in [0.15, 0.2) is 0 Å². The van der Waals surface area contributed by atoms with Gasteiger partial charge in [0.25, 0.3) is 15.9 Å². The smallest absolute Gasteiger partial charge is 0.269 e. The fourth-order valence-corrected chi connectivity index (χ4v) is 6.41. The Morgan fingerprint density at radius 2 is 1.98 bits per heavy atom. The van der Waals surface area contributed by atoms with Crippen molar-refractivity contribution in [3.05, 3.63) is 83.8 Å². The van der Waals surface area contributed by atoms with Crippen molar-refractivity contribution in [3.63, 3.8) is 0 Å². The molecular formula is C28H29N3O8S. The molecule has 40 heavy (non-hydrogen) atoms. The van der Waals surface area contributed by atoms with Crippen LogP contribution in [0.4, 0.5) is 0 Å². The molecule has 2 aromatic carbocycles. The van der Waals surface area contributed by atoms with Gasteiger partial charge in [-0.2, -0.15) is 0 Å². The van der Waals surface area contributed by atoms with Crippen molar-refractivity contribution in [1.82, 2.24) is 14.5 Å². The molecule has 0 bridgehead atoms. The Morgan fingerprint density at radius 3 is 2.67 bits per heavy atom. The minimum atomic E-state index is -4.25. The number of carbonyl (C=O) groups is 3. The molecule has 1 saturated heterocycles. The monoisotopic (exact) mass is 567 g/mol.